The van der Waals surface area contributed by atoms with Gasteiger partial charge in [0.1, 0.15) is 0 Å². The monoisotopic (exact) mass is 327 g/mol. The third-order valence-corrected chi connectivity index (χ3v) is 3.82. The SMILES string of the molecule is CCN1CCC(CNC(=O)CC2CNCCO2)C1.Cl.Cl. The van der Waals surface area contributed by atoms with E-state index < -0.39 is 0 Å². The minimum atomic E-state index is 0. The van der Waals surface area contributed by atoms with Crippen LogP contribution in [0.5, 0.6) is 0 Å². The molecule has 0 radical (unpaired) electrons. The van der Waals surface area contributed by atoms with Crippen LogP contribution >= 0.6 is 24.8 Å². The summed E-state index contributed by atoms with van der Waals surface area (Å²) >= 11 is 0. The lowest BCUT2D eigenvalue weighted by Crippen LogP contribution is -2.42. The fourth-order valence-electron chi connectivity index (χ4n) is 2.65. The van der Waals surface area contributed by atoms with Gasteiger partial charge in [0.05, 0.1) is 19.1 Å². The Morgan fingerprint density at radius 2 is 2.25 bits per heavy atom. The Hall–Kier alpha value is -0.0700. The van der Waals surface area contributed by atoms with Gasteiger partial charge in [0, 0.05) is 26.2 Å². The Labute approximate surface area is 134 Å². The Bertz CT molecular complexity index is 276. The predicted molar refractivity (Wildman–Crippen MR) is 85.0 cm³/mol. The summed E-state index contributed by atoms with van der Waals surface area (Å²) in [5.41, 5.74) is 0. The number of nitrogens with zero attached hydrogens (tertiary/aromatic N) is 1. The van der Waals surface area contributed by atoms with E-state index in [-0.39, 0.29) is 36.8 Å². The highest BCUT2D eigenvalue weighted by atomic mass is 35.5. The summed E-state index contributed by atoms with van der Waals surface area (Å²) in [4.78, 5) is 14.2. The largest absolute Gasteiger partial charge is 0.375 e. The van der Waals surface area contributed by atoms with E-state index in [1.807, 2.05) is 0 Å². The zero-order chi connectivity index (χ0) is 12.8. The van der Waals surface area contributed by atoms with Gasteiger partial charge in [0.2, 0.25) is 5.91 Å². The second-order valence-corrected chi connectivity index (χ2v) is 5.25. The van der Waals surface area contributed by atoms with Crippen molar-refractivity contribution in [1.82, 2.24) is 15.5 Å². The molecule has 0 aliphatic carbocycles. The number of hydrogen-bond acceptors (Lipinski definition) is 4. The molecule has 0 saturated carbocycles. The lowest BCUT2D eigenvalue weighted by atomic mass is 10.1. The molecule has 0 bridgehead atoms. The highest BCUT2D eigenvalue weighted by Gasteiger charge is 2.22. The first kappa shape index (κ1) is 19.9. The fraction of sp³-hybridized carbons (Fsp3) is 0.923. The molecule has 0 spiro atoms. The Kier molecular flexibility index (Phi) is 10.6. The summed E-state index contributed by atoms with van der Waals surface area (Å²) in [5, 5.41) is 6.28. The van der Waals surface area contributed by atoms with Crippen LogP contribution in [0.1, 0.15) is 19.8 Å². The zero-order valence-electron chi connectivity index (χ0n) is 12.1. The van der Waals surface area contributed by atoms with Crippen molar-refractivity contribution >= 4 is 30.7 Å². The number of carbonyl (C=O) groups is 1. The van der Waals surface area contributed by atoms with Gasteiger partial charge >= 0.3 is 0 Å². The number of carbonyl (C=O) groups excluding carboxylic acids is 1. The second-order valence-electron chi connectivity index (χ2n) is 5.25. The summed E-state index contributed by atoms with van der Waals surface area (Å²) < 4.78 is 5.52. The Morgan fingerprint density at radius 3 is 2.85 bits per heavy atom. The highest BCUT2D eigenvalue weighted by molar-refractivity contribution is 5.85. The molecule has 1 amide bonds. The van der Waals surface area contributed by atoms with Crippen molar-refractivity contribution in [1.29, 1.82) is 0 Å². The number of rotatable bonds is 5. The van der Waals surface area contributed by atoms with Gasteiger partial charge in [-0.2, -0.15) is 0 Å². The highest BCUT2D eigenvalue weighted by Crippen LogP contribution is 2.14. The van der Waals surface area contributed by atoms with Gasteiger partial charge in [0.25, 0.3) is 0 Å². The number of halogens is 2. The van der Waals surface area contributed by atoms with Crippen molar-refractivity contribution in [2.24, 2.45) is 5.92 Å². The fourth-order valence-corrected chi connectivity index (χ4v) is 2.65. The van der Waals surface area contributed by atoms with Gasteiger partial charge in [-0.1, -0.05) is 6.92 Å². The van der Waals surface area contributed by atoms with Gasteiger partial charge in [0.15, 0.2) is 0 Å². The van der Waals surface area contributed by atoms with Crippen LogP contribution in [0.15, 0.2) is 0 Å². The van der Waals surface area contributed by atoms with Crippen LogP contribution in [0.3, 0.4) is 0 Å². The third kappa shape index (κ3) is 6.59. The first-order valence-electron chi connectivity index (χ1n) is 7.09. The molecule has 2 atom stereocenters. The molecule has 0 aromatic rings. The number of likely N-dealkylation sites (tertiary alicyclic amines) is 1. The summed E-state index contributed by atoms with van der Waals surface area (Å²) in [6.07, 6.45) is 1.74. The molecule has 5 nitrogen and oxygen atoms in total. The maximum absolute atomic E-state index is 11.8. The molecule has 2 unspecified atom stereocenters. The average molecular weight is 328 g/mol. The minimum Gasteiger partial charge on any atom is -0.375 e. The van der Waals surface area contributed by atoms with Crippen LogP contribution in [-0.2, 0) is 9.53 Å². The predicted octanol–water partition coefficient (Wildman–Crippen LogP) is 0.666. The Morgan fingerprint density at radius 1 is 1.45 bits per heavy atom. The molecular weight excluding hydrogens is 301 g/mol. The first-order valence-corrected chi connectivity index (χ1v) is 7.09. The topological polar surface area (TPSA) is 53.6 Å². The van der Waals surface area contributed by atoms with E-state index in [0.29, 0.717) is 18.9 Å². The van der Waals surface area contributed by atoms with Crippen molar-refractivity contribution < 1.29 is 9.53 Å². The van der Waals surface area contributed by atoms with Crippen molar-refractivity contribution in [3.05, 3.63) is 0 Å². The number of ether oxygens (including phenoxy) is 1. The van der Waals surface area contributed by atoms with E-state index in [1.165, 1.54) is 13.0 Å². The van der Waals surface area contributed by atoms with Gasteiger partial charge < -0.3 is 20.3 Å². The molecular formula is C13H27Cl2N3O2. The maximum Gasteiger partial charge on any atom is 0.222 e. The molecule has 2 fully saturated rings. The lowest BCUT2D eigenvalue weighted by Gasteiger charge is -2.23. The Balaban J connectivity index is 0.00000180. The van der Waals surface area contributed by atoms with E-state index in [0.717, 1.165) is 32.7 Å². The van der Waals surface area contributed by atoms with E-state index in [4.69, 9.17) is 4.74 Å². The normalized spacial score (nSPS) is 26.4. The van der Waals surface area contributed by atoms with Crippen LogP contribution in [-0.4, -0.2) is 62.8 Å². The van der Waals surface area contributed by atoms with E-state index in [1.54, 1.807) is 0 Å². The zero-order valence-corrected chi connectivity index (χ0v) is 13.7. The third-order valence-electron chi connectivity index (χ3n) is 3.82. The molecule has 7 heteroatoms. The molecule has 2 rings (SSSR count). The van der Waals surface area contributed by atoms with Crippen LogP contribution < -0.4 is 10.6 Å². The van der Waals surface area contributed by atoms with Crippen LogP contribution in [0.4, 0.5) is 0 Å². The molecule has 0 aromatic carbocycles. The van der Waals surface area contributed by atoms with E-state index in [9.17, 15) is 4.79 Å². The number of nitrogens with one attached hydrogen (secondary N) is 2. The maximum atomic E-state index is 11.8. The van der Waals surface area contributed by atoms with Crippen molar-refractivity contribution in [3.63, 3.8) is 0 Å². The van der Waals surface area contributed by atoms with Crippen molar-refractivity contribution in [2.75, 3.05) is 45.9 Å². The van der Waals surface area contributed by atoms with E-state index in [2.05, 4.69) is 22.5 Å². The van der Waals surface area contributed by atoms with Crippen molar-refractivity contribution in [2.45, 2.75) is 25.9 Å². The molecule has 120 valence electrons. The molecule has 2 aliphatic rings. The van der Waals surface area contributed by atoms with Crippen molar-refractivity contribution in [3.8, 4) is 0 Å². The van der Waals surface area contributed by atoms with E-state index >= 15 is 0 Å². The number of hydrogen-bond donors (Lipinski definition) is 2. The molecule has 20 heavy (non-hydrogen) atoms. The summed E-state index contributed by atoms with van der Waals surface area (Å²) in [5.74, 6) is 0.748. The second kappa shape index (κ2) is 10.6. The molecule has 2 N–H and O–H groups in total. The average Bonchev–Trinajstić information content (AvgIpc) is 2.85. The minimum absolute atomic E-state index is 0. The van der Waals surface area contributed by atoms with Gasteiger partial charge in [-0.15, -0.1) is 24.8 Å². The molecule has 2 saturated heterocycles. The first-order chi connectivity index (χ1) is 8.78. The summed E-state index contributed by atoms with van der Waals surface area (Å²) in [6, 6.07) is 0. The molecule has 0 aromatic heterocycles. The van der Waals surface area contributed by atoms with Crippen LogP contribution in [0, 0.1) is 5.92 Å². The van der Waals surface area contributed by atoms with Crippen LogP contribution in [0.2, 0.25) is 0 Å². The van der Waals surface area contributed by atoms with Crippen LogP contribution in [0.25, 0.3) is 0 Å². The van der Waals surface area contributed by atoms with Gasteiger partial charge in [-0.3, -0.25) is 4.79 Å². The smallest absolute Gasteiger partial charge is 0.222 e. The van der Waals surface area contributed by atoms with Gasteiger partial charge in [-0.05, 0) is 25.4 Å². The number of morpholine rings is 1. The van der Waals surface area contributed by atoms with Gasteiger partial charge in [-0.25, -0.2) is 0 Å². The summed E-state index contributed by atoms with van der Waals surface area (Å²) in [7, 11) is 0. The lowest BCUT2D eigenvalue weighted by molar-refractivity contribution is -0.124. The standard InChI is InChI=1S/C13H25N3O2.2ClH/c1-2-16-5-3-11(10-16)8-15-13(17)7-12-9-14-4-6-18-12;;/h11-12,14H,2-10H2,1H3,(H,15,17);2*1H. The summed E-state index contributed by atoms with van der Waals surface area (Å²) in [6.45, 7) is 8.82. The molecule has 2 aliphatic heterocycles. The number of amides is 1. The quantitative estimate of drug-likeness (QED) is 0.779. The molecule has 2 heterocycles.